The lowest BCUT2D eigenvalue weighted by molar-refractivity contribution is 0.168. The van der Waals surface area contributed by atoms with Crippen LogP contribution < -0.4 is 20.9 Å². The van der Waals surface area contributed by atoms with E-state index >= 15 is 0 Å². The Balaban J connectivity index is 1.48. The van der Waals surface area contributed by atoms with Gasteiger partial charge >= 0.3 is 0 Å². The Morgan fingerprint density at radius 1 is 1.03 bits per heavy atom. The van der Waals surface area contributed by atoms with Gasteiger partial charge in [0.25, 0.3) is 5.56 Å². The molecule has 3 heterocycles. The van der Waals surface area contributed by atoms with Crippen LogP contribution >= 0.6 is 23.2 Å². The van der Waals surface area contributed by atoms with Gasteiger partial charge in [-0.05, 0) is 68.4 Å². The van der Waals surface area contributed by atoms with Gasteiger partial charge in [0.2, 0.25) is 0 Å². The minimum atomic E-state index is -0.467. The van der Waals surface area contributed by atoms with Crippen molar-refractivity contribution in [3.05, 3.63) is 68.9 Å². The third kappa shape index (κ3) is 4.72. The van der Waals surface area contributed by atoms with Gasteiger partial charge in [0.1, 0.15) is 25.3 Å². The molecule has 1 aliphatic heterocycles. The lowest BCUT2D eigenvalue weighted by Gasteiger charge is -2.15. The summed E-state index contributed by atoms with van der Waals surface area (Å²) in [6.07, 6.45) is 2.52. The first-order valence-corrected chi connectivity index (χ1v) is 12.4. The van der Waals surface area contributed by atoms with Crippen LogP contribution in [0.4, 0.5) is 5.82 Å². The van der Waals surface area contributed by atoms with Gasteiger partial charge in [0.15, 0.2) is 11.5 Å². The standard InChI is InChI=1S/C26H25Cl2N5O3/c1-35-33-25-19(15-18(26(33)34)22-20(27)5-4-6-21(22)28)23(29)30-24(31-25)16-7-9-17(10-8-16)36-14-13-32-11-2-3-12-32/h4-10,15H,2-3,11-14H2,1H3,(H2,29,30,31). The van der Waals surface area contributed by atoms with Gasteiger partial charge in [-0.3, -0.25) is 9.69 Å². The van der Waals surface area contributed by atoms with E-state index in [1.165, 1.54) is 20.0 Å². The summed E-state index contributed by atoms with van der Waals surface area (Å²) < 4.78 is 6.96. The number of hydrogen-bond acceptors (Lipinski definition) is 7. The molecule has 5 rings (SSSR count). The lowest BCUT2D eigenvalue weighted by atomic mass is 10.1. The number of anilines is 1. The molecule has 8 nitrogen and oxygen atoms in total. The first-order valence-electron chi connectivity index (χ1n) is 11.6. The maximum atomic E-state index is 13.3. The van der Waals surface area contributed by atoms with E-state index in [0.717, 1.165) is 35.7 Å². The summed E-state index contributed by atoms with van der Waals surface area (Å²) in [4.78, 5) is 30.2. The van der Waals surface area contributed by atoms with E-state index < -0.39 is 5.56 Å². The van der Waals surface area contributed by atoms with Crippen molar-refractivity contribution in [1.82, 2.24) is 19.6 Å². The van der Waals surface area contributed by atoms with Crippen molar-refractivity contribution in [2.75, 3.05) is 39.1 Å². The summed E-state index contributed by atoms with van der Waals surface area (Å²) in [6.45, 7) is 3.84. The number of halogens is 2. The molecule has 2 aromatic heterocycles. The minimum Gasteiger partial charge on any atom is -0.492 e. The smallest absolute Gasteiger partial charge is 0.293 e. The van der Waals surface area contributed by atoms with Gasteiger partial charge in [0.05, 0.1) is 21.0 Å². The molecule has 186 valence electrons. The second-order valence-corrected chi connectivity index (χ2v) is 9.34. The van der Waals surface area contributed by atoms with Gasteiger partial charge in [-0.1, -0.05) is 29.3 Å². The van der Waals surface area contributed by atoms with Crippen molar-refractivity contribution in [1.29, 1.82) is 0 Å². The van der Waals surface area contributed by atoms with Crippen molar-refractivity contribution in [2.45, 2.75) is 12.8 Å². The number of likely N-dealkylation sites (tertiary alicyclic amines) is 1. The fourth-order valence-electron chi connectivity index (χ4n) is 4.41. The Kier molecular flexibility index (Phi) is 7.00. The number of fused-ring (bicyclic) bond motifs is 1. The van der Waals surface area contributed by atoms with Crippen molar-refractivity contribution in [2.24, 2.45) is 0 Å². The molecular weight excluding hydrogens is 501 g/mol. The predicted octanol–water partition coefficient (Wildman–Crippen LogP) is 4.55. The van der Waals surface area contributed by atoms with E-state index in [1.807, 2.05) is 24.3 Å². The van der Waals surface area contributed by atoms with Crippen LogP contribution in [-0.4, -0.2) is 52.9 Å². The number of nitrogen functional groups attached to an aromatic ring is 1. The topological polar surface area (TPSA) is 95.5 Å². The van der Waals surface area contributed by atoms with E-state index in [9.17, 15) is 4.79 Å². The highest BCUT2D eigenvalue weighted by Crippen LogP contribution is 2.35. The number of nitrogens with two attached hydrogens (primary N) is 1. The van der Waals surface area contributed by atoms with E-state index in [1.54, 1.807) is 24.3 Å². The van der Waals surface area contributed by atoms with E-state index in [2.05, 4.69) is 14.9 Å². The fourth-order valence-corrected chi connectivity index (χ4v) is 5.01. The summed E-state index contributed by atoms with van der Waals surface area (Å²) in [7, 11) is 1.38. The summed E-state index contributed by atoms with van der Waals surface area (Å²) in [5.74, 6) is 1.32. The zero-order valence-corrected chi connectivity index (χ0v) is 21.2. The molecule has 0 atom stereocenters. The van der Waals surface area contributed by atoms with Crippen molar-refractivity contribution < 1.29 is 9.57 Å². The predicted molar refractivity (Wildman–Crippen MR) is 143 cm³/mol. The summed E-state index contributed by atoms with van der Waals surface area (Å²) >= 11 is 12.7. The minimum absolute atomic E-state index is 0.191. The zero-order chi connectivity index (χ0) is 25.2. The molecule has 0 aliphatic carbocycles. The summed E-state index contributed by atoms with van der Waals surface area (Å²) in [6, 6.07) is 14.1. The number of rotatable bonds is 7. The number of hydrogen-bond donors (Lipinski definition) is 1. The third-order valence-corrected chi connectivity index (χ3v) is 6.88. The Morgan fingerprint density at radius 2 is 1.72 bits per heavy atom. The zero-order valence-electron chi connectivity index (χ0n) is 19.7. The molecule has 4 aromatic rings. The number of nitrogens with zero attached hydrogens (tertiary/aromatic N) is 4. The molecular formula is C26H25Cl2N5O3. The molecule has 10 heteroatoms. The van der Waals surface area contributed by atoms with Crippen LogP contribution in [0.1, 0.15) is 12.8 Å². The quantitative estimate of drug-likeness (QED) is 0.378. The average molecular weight is 526 g/mol. The average Bonchev–Trinajstić information content (AvgIpc) is 3.38. The molecule has 1 saturated heterocycles. The van der Waals surface area contributed by atoms with Crippen molar-refractivity contribution in [3.63, 3.8) is 0 Å². The monoisotopic (exact) mass is 525 g/mol. The van der Waals surface area contributed by atoms with Gasteiger partial charge in [-0.15, -0.1) is 4.73 Å². The maximum Gasteiger partial charge on any atom is 0.293 e. The van der Waals surface area contributed by atoms with Crippen LogP contribution in [0.15, 0.2) is 53.3 Å². The molecule has 0 bridgehead atoms. The number of aromatic nitrogens is 3. The second-order valence-electron chi connectivity index (χ2n) is 8.53. The van der Waals surface area contributed by atoms with Crippen LogP contribution in [0.25, 0.3) is 33.5 Å². The van der Waals surface area contributed by atoms with Crippen LogP contribution in [-0.2, 0) is 0 Å². The highest BCUT2D eigenvalue weighted by Gasteiger charge is 2.20. The van der Waals surface area contributed by atoms with E-state index in [4.69, 9.17) is 38.5 Å². The Bertz CT molecular complexity index is 1450. The third-order valence-electron chi connectivity index (χ3n) is 6.25. The maximum absolute atomic E-state index is 13.3. The number of pyridine rings is 1. The number of benzene rings is 2. The number of ether oxygens (including phenoxy) is 1. The molecule has 0 radical (unpaired) electrons. The van der Waals surface area contributed by atoms with E-state index in [-0.39, 0.29) is 17.0 Å². The summed E-state index contributed by atoms with van der Waals surface area (Å²) in [5.41, 5.74) is 7.45. The van der Waals surface area contributed by atoms with Crippen molar-refractivity contribution >= 4 is 40.1 Å². The van der Waals surface area contributed by atoms with Crippen LogP contribution in [0.3, 0.4) is 0 Å². The van der Waals surface area contributed by atoms with E-state index in [0.29, 0.717) is 33.4 Å². The lowest BCUT2D eigenvalue weighted by Crippen LogP contribution is -2.27. The fraction of sp³-hybridized carbons (Fsp3) is 0.269. The molecule has 0 spiro atoms. The highest BCUT2D eigenvalue weighted by molar-refractivity contribution is 6.39. The molecule has 0 amide bonds. The first-order chi connectivity index (χ1) is 17.5. The van der Waals surface area contributed by atoms with Gasteiger partial charge in [-0.2, -0.15) is 0 Å². The van der Waals surface area contributed by atoms with Crippen LogP contribution in [0, 0.1) is 0 Å². The Morgan fingerprint density at radius 3 is 2.39 bits per heavy atom. The molecule has 2 N–H and O–H groups in total. The molecule has 36 heavy (non-hydrogen) atoms. The first kappa shape index (κ1) is 24.4. The SMILES string of the molecule is COn1c(=O)c(-c2c(Cl)cccc2Cl)cc2c(N)nc(-c3ccc(OCCN4CCCC4)cc3)nc21. The normalized spacial score (nSPS) is 13.9. The Hall–Kier alpha value is -3.33. The summed E-state index contributed by atoms with van der Waals surface area (Å²) in [5, 5.41) is 1.11. The van der Waals surface area contributed by atoms with Gasteiger partial charge in [-0.25, -0.2) is 9.97 Å². The van der Waals surface area contributed by atoms with Crippen molar-refractivity contribution in [3.8, 4) is 28.3 Å². The molecule has 0 saturated carbocycles. The largest absolute Gasteiger partial charge is 0.492 e. The molecule has 1 fully saturated rings. The second kappa shape index (κ2) is 10.3. The Labute approximate surface area is 218 Å². The van der Waals surface area contributed by atoms with Crippen LogP contribution in [0.2, 0.25) is 10.0 Å². The molecule has 2 aromatic carbocycles. The van der Waals surface area contributed by atoms with Crippen LogP contribution in [0.5, 0.6) is 5.75 Å². The molecule has 1 aliphatic rings. The molecule has 0 unspecified atom stereocenters. The highest BCUT2D eigenvalue weighted by atomic mass is 35.5. The van der Waals surface area contributed by atoms with Gasteiger partial charge in [0, 0.05) is 17.7 Å². The van der Waals surface area contributed by atoms with Gasteiger partial charge < -0.3 is 15.3 Å².